The van der Waals surface area contributed by atoms with Crippen LogP contribution in [-0.4, -0.2) is 4.98 Å². The number of hydrogen-bond donors (Lipinski definition) is 2. The van der Waals surface area contributed by atoms with Crippen LogP contribution in [0.15, 0.2) is 48.5 Å². The van der Waals surface area contributed by atoms with Crippen LogP contribution in [0.25, 0.3) is 10.2 Å². The minimum atomic E-state index is -0.00178. The molecule has 3 aromatic rings. The number of nitrogens with zero attached hydrogens (tertiary/aromatic N) is 1. The molecule has 0 bridgehead atoms. The molecule has 0 radical (unpaired) electrons. The standard InChI is InChI=1S/C15H15N3S/c1-10(16)11-6-2-3-7-12(11)17-15-18-13-8-4-5-9-14(13)19-15/h2-10H,16H2,1H3,(H,17,18). The van der Waals surface area contributed by atoms with E-state index in [9.17, 15) is 0 Å². The molecule has 0 aliphatic rings. The van der Waals surface area contributed by atoms with Crippen molar-refractivity contribution in [2.24, 2.45) is 5.73 Å². The molecule has 1 unspecified atom stereocenters. The Morgan fingerprint density at radius 1 is 1.11 bits per heavy atom. The van der Waals surface area contributed by atoms with Crippen LogP contribution in [0.3, 0.4) is 0 Å². The fourth-order valence-corrected chi connectivity index (χ4v) is 2.93. The molecule has 3 nitrogen and oxygen atoms in total. The topological polar surface area (TPSA) is 50.9 Å². The van der Waals surface area contributed by atoms with Crippen LogP contribution < -0.4 is 11.1 Å². The van der Waals surface area contributed by atoms with Crippen molar-refractivity contribution in [2.45, 2.75) is 13.0 Å². The van der Waals surface area contributed by atoms with Crippen LogP contribution in [0.1, 0.15) is 18.5 Å². The van der Waals surface area contributed by atoms with Gasteiger partial charge in [-0.3, -0.25) is 0 Å². The van der Waals surface area contributed by atoms with E-state index in [1.165, 1.54) is 4.70 Å². The maximum absolute atomic E-state index is 5.99. The molecule has 1 heterocycles. The normalized spacial score (nSPS) is 12.5. The van der Waals surface area contributed by atoms with Crippen LogP contribution in [0.4, 0.5) is 10.8 Å². The lowest BCUT2D eigenvalue weighted by Gasteiger charge is -2.12. The number of thiazole rings is 1. The van der Waals surface area contributed by atoms with Crippen molar-refractivity contribution in [2.75, 3.05) is 5.32 Å². The fourth-order valence-electron chi connectivity index (χ4n) is 2.05. The van der Waals surface area contributed by atoms with E-state index in [0.29, 0.717) is 0 Å². The zero-order valence-corrected chi connectivity index (χ0v) is 11.4. The number of nitrogens with two attached hydrogens (primary N) is 1. The Morgan fingerprint density at radius 2 is 1.84 bits per heavy atom. The van der Waals surface area contributed by atoms with Gasteiger partial charge in [0, 0.05) is 11.7 Å². The van der Waals surface area contributed by atoms with E-state index in [1.807, 2.05) is 49.4 Å². The maximum Gasteiger partial charge on any atom is 0.188 e. The highest BCUT2D eigenvalue weighted by Crippen LogP contribution is 2.30. The van der Waals surface area contributed by atoms with Crippen LogP contribution in [0.5, 0.6) is 0 Å². The number of rotatable bonds is 3. The zero-order valence-electron chi connectivity index (χ0n) is 10.6. The van der Waals surface area contributed by atoms with Gasteiger partial charge in [-0.25, -0.2) is 4.98 Å². The lowest BCUT2D eigenvalue weighted by atomic mass is 10.1. The molecular weight excluding hydrogens is 254 g/mol. The van der Waals surface area contributed by atoms with Gasteiger partial charge in [0.25, 0.3) is 0 Å². The van der Waals surface area contributed by atoms with E-state index in [1.54, 1.807) is 11.3 Å². The van der Waals surface area contributed by atoms with Gasteiger partial charge in [-0.15, -0.1) is 0 Å². The molecular formula is C15H15N3S. The molecule has 3 N–H and O–H groups in total. The molecule has 0 saturated heterocycles. The van der Waals surface area contributed by atoms with Gasteiger partial charge in [0.2, 0.25) is 0 Å². The molecule has 0 aliphatic carbocycles. The summed E-state index contributed by atoms with van der Waals surface area (Å²) in [6, 6.07) is 16.2. The second kappa shape index (κ2) is 4.99. The number of fused-ring (bicyclic) bond motifs is 1. The van der Waals surface area contributed by atoms with Crippen LogP contribution in [0.2, 0.25) is 0 Å². The summed E-state index contributed by atoms with van der Waals surface area (Å²) < 4.78 is 1.18. The molecule has 4 heteroatoms. The summed E-state index contributed by atoms with van der Waals surface area (Å²) in [6.45, 7) is 1.98. The smallest absolute Gasteiger partial charge is 0.188 e. The molecule has 19 heavy (non-hydrogen) atoms. The molecule has 0 aliphatic heterocycles. The lowest BCUT2D eigenvalue weighted by molar-refractivity contribution is 0.820. The molecule has 3 rings (SSSR count). The minimum Gasteiger partial charge on any atom is -0.331 e. The number of anilines is 2. The van der Waals surface area contributed by atoms with Crippen LogP contribution in [0, 0.1) is 0 Å². The number of benzene rings is 2. The molecule has 1 atom stereocenters. The minimum absolute atomic E-state index is 0.00178. The van der Waals surface area contributed by atoms with Crippen molar-refractivity contribution in [3.05, 3.63) is 54.1 Å². The summed E-state index contributed by atoms with van der Waals surface area (Å²) >= 11 is 1.65. The van der Waals surface area contributed by atoms with E-state index in [-0.39, 0.29) is 6.04 Å². The van der Waals surface area contributed by atoms with E-state index < -0.39 is 0 Å². The third kappa shape index (κ3) is 2.45. The van der Waals surface area contributed by atoms with Crippen molar-refractivity contribution >= 4 is 32.4 Å². The average Bonchev–Trinajstić information content (AvgIpc) is 2.81. The first-order valence-electron chi connectivity index (χ1n) is 6.21. The van der Waals surface area contributed by atoms with Crippen molar-refractivity contribution in [1.29, 1.82) is 0 Å². The van der Waals surface area contributed by atoms with E-state index in [0.717, 1.165) is 21.9 Å². The van der Waals surface area contributed by atoms with Crippen LogP contribution >= 0.6 is 11.3 Å². The Balaban J connectivity index is 1.97. The number of nitrogens with one attached hydrogen (secondary N) is 1. The molecule has 0 saturated carbocycles. The van der Waals surface area contributed by atoms with Gasteiger partial charge in [-0.05, 0) is 30.7 Å². The average molecular weight is 269 g/mol. The maximum atomic E-state index is 5.99. The molecule has 0 fully saturated rings. The van der Waals surface area contributed by atoms with E-state index in [4.69, 9.17) is 5.73 Å². The van der Waals surface area contributed by atoms with Crippen LogP contribution in [-0.2, 0) is 0 Å². The highest BCUT2D eigenvalue weighted by Gasteiger charge is 2.08. The fraction of sp³-hybridized carbons (Fsp3) is 0.133. The quantitative estimate of drug-likeness (QED) is 0.754. The first-order valence-corrected chi connectivity index (χ1v) is 7.03. The van der Waals surface area contributed by atoms with Crippen molar-refractivity contribution < 1.29 is 0 Å². The third-order valence-electron chi connectivity index (χ3n) is 2.99. The number of aromatic nitrogens is 1. The Bertz CT molecular complexity index is 670. The highest BCUT2D eigenvalue weighted by atomic mass is 32.1. The van der Waals surface area contributed by atoms with Gasteiger partial charge in [0.05, 0.1) is 10.2 Å². The first kappa shape index (κ1) is 12.1. The first-order chi connectivity index (χ1) is 9.24. The number of para-hydroxylation sites is 2. The number of hydrogen-bond acceptors (Lipinski definition) is 4. The third-order valence-corrected chi connectivity index (χ3v) is 3.94. The van der Waals surface area contributed by atoms with Crippen molar-refractivity contribution in [3.8, 4) is 0 Å². The van der Waals surface area contributed by atoms with Crippen molar-refractivity contribution in [1.82, 2.24) is 4.98 Å². The zero-order chi connectivity index (χ0) is 13.2. The summed E-state index contributed by atoms with van der Waals surface area (Å²) in [5, 5.41) is 4.27. The van der Waals surface area contributed by atoms with E-state index in [2.05, 4.69) is 16.4 Å². The molecule has 0 spiro atoms. The molecule has 2 aromatic carbocycles. The lowest BCUT2D eigenvalue weighted by Crippen LogP contribution is -2.07. The molecule has 0 amide bonds. The molecule has 96 valence electrons. The Hall–Kier alpha value is -1.91. The van der Waals surface area contributed by atoms with E-state index >= 15 is 0 Å². The summed E-state index contributed by atoms with van der Waals surface area (Å²) in [5.41, 5.74) is 9.13. The summed E-state index contributed by atoms with van der Waals surface area (Å²) in [4.78, 5) is 4.58. The second-order valence-electron chi connectivity index (χ2n) is 4.49. The van der Waals surface area contributed by atoms with Gasteiger partial charge >= 0.3 is 0 Å². The Morgan fingerprint density at radius 3 is 2.63 bits per heavy atom. The van der Waals surface area contributed by atoms with Gasteiger partial charge in [-0.2, -0.15) is 0 Å². The summed E-state index contributed by atoms with van der Waals surface area (Å²) in [6.07, 6.45) is 0. The van der Waals surface area contributed by atoms with Gasteiger partial charge in [-0.1, -0.05) is 41.7 Å². The Labute approximate surface area is 116 Å². The van der Waals surface area contributed by atoms with Gasteiger partial charge in [0.15, 0.2) is 5.13 Å². The van der Waals surface area contributed by atoms with Crippen molar-refractivity contribution in [3.63, 3.8) is 0 Å². The van der Waals surface area contributed by atoms with Gasteiger partial charge < -0.3 is 11.1 Å². The highest BCUT2D eigenvalue weighted by molar-refractivity contribution is 7.22. The predicted octanol–water partition coefficient (Wildman–Crippen LogP) is 4.06. The summed E-state index contributed by atoms with van der Waals surface area (Å²) in [7, 11) is 0. The summed E-state index contributed by atoms with van der Waals surface area (Å²) in [5.74, 6) is 0. The second-order valence-corrected chi connectivity index (χ2v) is 5.52. The molecule has 1 aromatic heterocycles. The predicted molar refractivity (Wildman–Crippen MR) is 81.9 cm³/mol. The SMILES string of the molecule is CC(N)c1ccccc1Nc1nc2ccccc2s1. The van der Waals surface area contributed by atoms with Gasteiger partial charge in [0.1, 0.15) is 0 Å². The largest absolute Gasteiger partial charge is 0.331 e. The Kier molecular flexibility index (Phi) is 3.19. The monoisotopic (exact) mass is 269 g/mol.